The lowest BCUT2D eigenvalue weighted by Gasteiger charge is -2.11. The molecule has 1 N–H and O–H groups in total. The quantitative estimate of drug-likeness (QED) is 0.696. The number of hydrogen-bond donors (Lipinski definition) is 1. The molecule has 2 rings (SSSR count). The highest BCUT2D eigenvalue weighted by Gasteiger charge is 2.18. The molecule has 20 heavy (non-hydrogen) atoms. The third-order valence-corrected chi connectivity index (χ3v) is 4.45. The predicted molar refractivity (Wildman–Crippen MR) is 76.6 cm³/mol. The first-order chi connectivity index (χ1) is 9.44. The first-order valence-electron chi connectivity index (χ1n) is 5.63. The second-order valence-corrected chi connectivity index (χ2v) is 6.10. The van der Waals surface area contributed by atoms with Crippen LogP contribution in [-0.4, -0.2) is 19.7 Å². The topological polar surface area (TPSA) is 76.1 Å². The zero-order valence-corrected chi connectivity index (χ0v) is 12.1. The number of nitrogens with zero attached hydrogens (tertiary/aromatic N) is 1. The van der Waals surface area contributed by atoms with Gasteiger partial charge in [0.2, 0.25) is 0 Å². The van der Waals surface area contributed by atoms with E-state index in [2.05, 4.69) is 9.71 Å². The van der Waals surface area contributed by atoms with Gasteiger partial charge in [-0.15, -0.1) is 0 Å². The van der Waals surface area contributed by atoms with E-state index in [4.69, 9.17) is 11.6 Å². The highest BCUT2D eigenvalue weighted by molar-refractivity contribution is 7.92. The highest BCUT2D eigenvalue weighted by Crippen LogP contribution is 2.24. The molecule has 0 unspecified atom stereocenters. The van der Waals surface area contributed by atoms with Gasteiger partial charge in [0, 0.05) is 11.8 Å². The fourth-order valence-electron chi connectivity index (χ4n) is 1.66. The van der Waals surface area contributed by atoms with Gasteiger partial charge in [-0.05, 0) is 24.6 Å². The molecule has 0 aliphatic rings. The Morgan fingerprint density at radius 1 is 1.30 bits per heavy atom. The molecule has 1 heterocycles. The predicted octanol–water partition coefficient (Wildman–Crippen LogP) is 2.66. The van der Waals surface area contributed by atoms with E-state index in [-0.39, 0.29) is 21.3 Å². The Balaban J connectivity index is 2.43. The van der Waals surface area contributed by atoms with Crippen LogP contribution in [0.2, 0.25) is 5.15 Å². The Bertz CT molecular complexity index is 760. The first-order valence-corrected chi connectivity index (χ1v) is 7.49. The second-order valence-electron chi connectivity index (χ2n) is 4.10. The number of carbonyl (C=O) groups is 1. The Morgan fingerprint density at radius 2 is 2.00 bits per heavy atom. The van der Waals surface area contributed by atoms with Gasteiger partial charge in [-0.2, -0.15) is 0 Å². The number of nitrogens with one attached hydrogen (secondary N) is 1. The Hall–Kier alpha value is -1.92. The van der Waals surface area contributed by atoms with Gasteiger partial charge in [0.05, 0.1) is 10.6 Å². The van der Waals surface area contributed by atoms with E-state index in [9.17, 15) is 13.2 Å². The van der Waals surface area contributed by atoms with Gasteiger partial charge >= 0.3 is 0 Å². The van der Waals surface area contributed by atoms with Crippen LogP contribution in [0, 0.1) is 6.92 Å². The number of hydrogen-bond acceptors (Lipinski definition) is 4. The maximum Gasteiger partial charge on any atom is 0.262 e. The number of anilines is 1. The maximum absolute atomic E-state index is 12.3. The monoisotopic (exact) mass is 310 g/mol. The molecular weight excluding hydrogens is 300 g/mol. The number of carbonyl (C=O) groups excluding carboxylic acids is 1. The Labute approximate surface area is 121 Å². The van der Waals surface area contributed by atoms with Crippen molar-refractivity contribution in [2.45, 2.75) is 11.8 Å². The third-order valence-electron chi connectivity index (χ3n) is 2.62. The van der Waals surface area contributed by atoms with Crippen molar-refractivity contribution >= 4 is 33.6 Å². The lowest BCUT2D eigenvalue weighted by atomic mass is 10.2. The van der Waals surface area contributed by atoms with E-state index < -0.39 is 10.0 Å². The number of aryl methyl sites for hydroxylation is 1. The summed E-state index contributed by atoms with van der Waals surface area (Å²) in [4.78, 5) is 14.6. The highest BCUT2D eigenvalue weighted by atomic mass is 35.5. The van der Waals surface area contributed by atoms with E-state index in [1.54, 1.807) is 25.1 Å². The van der Waals surface area contributed by atoms with Crippen LogP contribution in [0.15, 0.2) is 41.4 Å². The molecule has 1 aromatic carbocycles. The van der Waals surface area contributed by atoms with Crippen molar-refractivity contribution in [2.24, 2.45) is 0 Å². The minimum atomic E-state index is -3.78. The maximum atomic E-state index is 12.3. The number of pyridine rings is 1. The second kappa shape index (κ2) is 5.60. The van der Waals surface area contributed by atoms with Gasteiger partial charge in [-0.25, -0.2) is 13.4 Å². The molecule has 5 nitrogen and oxygen atoms in total. The van der Waals surface area contributed by atoms with Crippen LogP contribution in [0.4, 0.5) is 5.69 Å². The molecule has 0 spiro atoms. The zero-order chi connectivity index (χ0) is 14.8. The van der Waals surface area contributed by atoms with Gasteiger partial charge in [0.1, 0.15) is 0 Å². The van der Waals surface area contributed by atoms with Crippen molar-refractivity contribution in [3.63, 3.8) is 0 Å². The molecule has 0 saturated carbocycles. The standard InChI is InChI=1S/C13H11ClN2O3S/c1-9-4-2-3-5-12(9)20(18,19)16-11-6-10(8-17)7-15-13(11)14/h2-8,16H,1H3. The van der Waals surface area contributed by atoms with Crippen molar-refractivity contribution in [1.82, 2.24) is 4.98 Å². The first kappa shape index (κ1) is 14.5. The van der Waals surface area contributed by atoms with E-state index >= 15 is 0 Å². The molecular formula is C13H11ClN2O3S. The molecule has 0 atom stereocenters. The molecule has 1 aromatic heterocycles. The van der Waals surface area contributed by atoms with E-state index in [0.29, 0.717) is 11.8 Å². The average molecular weight is 311 g/mol. The van der Waals surface area contributed by atoms with Crippen LogP contribution in [-0.2, 0) is 10.0 Å². The number of sulfonamides is 1. The SMILES string of the molecule is Cc1ccccc1S(=O)(=O)Nc1cc(C=O)cnc1Cl. The number of halogens is 1. The third kappa shape index (κ3) is 2.97. The smallest absolute Gasteiger partial charge is 0.262 e. The van der Waals surface area contributed by atoms with Gasteiger partial charge in [-0.1, -0.05) is 29.8 Å². The lowest BCUT2D eigenvalue weighted by Crippen LogP contribution is -2.15. The molecule has 0 amide bonds. The molecule has 7 heteroatoms. The fourth-order valence-corrected chi connectivity index (χ4v) is 3.17. The molecule has 0 bridgehead atoms. The van der Waals surface area contributed by atoms with Gasteiger partial charge in [0.25, 0.3) is 10.0 Å². The number of benzene rings is 1. The van der Waals surface area contributed by atoms with E-state index in [1.807, 2.05) is 0 Å². The van der Waals surface area contributed by atoms with Crippen LogP contribution in [0.5, 0.6) is 0 Å². The molecule has 0 radical (unpaired) electrons. The summed E-state index contributed by atoms with van der Waals surface area (Å²) in [6.45, 7) is 1.69. The van der Waals surface area contributed by atoms with Crippen LogP contribution in [0.1, 0.15) is 15.9 Å². The van der Waals surface area contributed by atoms with Crippen LogP contribution < -0.4 is 4.72 Å². The van der Waals surface area contributed by atoms with Gasteiger partial charge < -0.3 is 0 Å². The minimum Gasteiger partial charge on any atom is -0.298 e. The van der Waals surface area contributed by atoms with Crippen molar-refractivity contribution < 1.29 is 13.2 Å². The molecule has 0 aliphatic heterocycles. The molecule has 0 saturated heterocycles. The summed E-state index contributed by atoms with van der Waals surface area (Å²) in [5.41, 5.74) is 0.909. The zero-order valence-electron chi connectivity index (χ0n) is 10.5. The van der Waals surface area contributed by atoms with Crippen LogP contribution in [0.3, 0.4) is 0 Å². The summed E-state index contributed by atoms with van der Waals surface area (Å²) in [5, 5.41) is -0.0206. The minimum absolute atomic E-state index is 0.0206. The fraction of sp³-hybridized carbons (Fsp3) is 0.0769. The Kier molecular flexibility index (Phi) is 4.06. The van der Waals surface area contributed by atoms with Crippen molar-refractivity contribution in [2.75, 3.05) is 4.72 Å². The number of rotatable bonds is 4. The average Bonchev–Trinajstić information content (AvgIpc) is 2.41. The number of aldehydes is 1. The van der Waals surface area contributed by atoms with Gasteiger partial charge in [0.15, 0.2) is 11.4 Å². The van der Waals surface area contributed by atoms with Crippen molar-refractivity contribution in [3.8, 4) is 0 Å². The van der Waals surface area contributed by atoms with Gasteiger partial charge in [-0.3, -0.25) is 9.52 Å². The lowest BCUT2D eigenvalue weighted by molar-refractivity contribution is 0.112. The summed E-state index contributed by atoms with van der Waals surface area (Å²) in [5.74, 6) is 0. The van der Waals surface area contributed by atoms with Crippen molar-refractivity contribution in [3.05, 3.63) is 52.8 Å². The van der Waals surface area contributed by atoms with Crippen LogP contribution in [0.25, 0.3) is 0 Å². The van der Waals surface area contributed by atoms with E-state index in [1.165, 1.54) is 18.3 Å². The molecule has 104 valence electrons. The van der Waals surface area contributed by atoms with Crippen LogP contribution >= 0.6 is 11.6 Å². The summed E-state index contributed by atoms with van der Waals surface area (Å²) in [7, 11) is -3.78. The van der Waals surface area contributed by atoms with E-state index in [0.717, 1.165) is 0 Å². The van der Waals surface area contributed by atoms with Crippen molar-refractivity contribution in [1.29, 1.82) is 0 Å². The number of aromatic nitrogens is 1. The largest absolute Gasteiger partial charge is 0.298 e. The molecule has 2 aromatic rings. The molecule has 0 aliphatic carbocycles. The summed E-state index contributed by atoms with van der Waals surface area (Å²) in [6.07, 6.45) is 1.83. The Morgan fingerprint density at radius 3 is 2.65 bits per heavy atom. The molecule has 0 fully saturated rings. The summed E-state index contributed by atoms with van der Waals surface area (Å²) >= 11 is 5.83. The summed E-state index contributed by atoms with van der Waals surface area (Å²) < 4.78 is 26.9. The normalized spacial score (nSPS) is 11.1. The summed E-state index contributed by atoms with van der Waals surface area (Å²) in [6, 6.07) is 7.89.